The molecule has 4 aromatic rings. The van der Waals surface area contributed by atoms with Crippen LogP contribution in [-0.4, -0.2) is 45.6 Å². The molecule has 3 aromatic carbocycles. The van der Waals surface area contributed by atoms with Crippen LogP contribution in [0.25, 0.3) is 5.69 Å². The van der Waals surface area contributed by atoms with Crippen LogP contribution < -0.4 is 19.5 Å². The van der Waals surface area contributed by atoms with Crippen molar-refractivity contribution in [2.24, 2.45) is 0 Å². The van der Waals surface area contributed by atoms with Crippen LogP contribution in [0.4, 0.5) is 11.4 Å². The third-order valence-corrected chi connectivity index (χ3v) is 6.34. The fourth-order valence-electron chi connectivity index (χ4n) is 3.59. The van der Waals surface area contributed by atoms with Gasteiger partial charge in [-0.1, -0.05) is 30.0 Å². The Labute approximate surface area is 222 Å². The van der Waals surface area contributed by atoms with Crippen LogP contribution in [0.15, 0.2) is 78.0 Å². The summed E-state index contributed by atoms with van der Waals surface area (Å²) in [5.41, 5.74) is 0.855. The van der Waals surface area contributed by atoms with Crippen molar-refractivity contribution in [1.82, 2.24) is 14.8 Å². The van der Waals surface area contributed by atoms with Crippen molar-refractivity contribution in [3.05, 3.63) is 88.7 Å². The van der Waals surface area contributed by atoms with E-state index in [1.807, 2.05) is 41.8 Å². The third-order valence-electron chi connectivity index (χ3n) is 5.41. The fraction of sp³-hybridized carbons (Fsp3) is 0.192. The van der Waals surface area contributed by atoms with Gasteiger partial charge in [-0.25, -0.2) is 0 Å². The fourth-order valence-corrected chi connectivity index (χ4v) is 4.35. The predicted octanol–water partition coefficient (Wildman–Crippen LogP) is 5.06. The number of anilines is 1. The molecule has 0 aliphatic rings. The molecule has 4 rings (SSSR count). The Kier molecular flexibility index (Phi) is 8.44. The minimum absolute atomic E-state index is 0.0233. The van der Waals surface area contributed by atoms with E-state index in [2.05, 4.69) is 15.5 Å². The summed E-state index contributed by atoms with van der Waals surface area (Å²) in [6.45, 7) is 1.86. The zero-order valence-electron chi connectivity index (χ0n) is 20.9. The number of nitrogens with one attached hydrogen (secondary N) is 1. The third kappa shape index (κ3) is 6.21. The molecular weight excluding hydrogens is 510 g/mol. The number of nitrogens with zero attached hydrogens (tertiary/aromatic N) is 4. The van der Waals surface area contributed by atoms with Crippen molar-refractivity contribution in [3.63, 3.8) is 0 Å². The zero-order chi connectivity index (χ0) is 27.1. The summed E-state index contributed by atoms with van der Waals surface area (Å²) >= 11 is 1.17. The van der Waals surface area contributed by atoms with Crippen LogP contribution >= 0.6 is 11.8 Å². The van der Waals surface area contributed by atoms with Gasteiger partial charge in [0.2, 0.25) is 5.91 Å². The molecule has 0 aliphatic carbocycles. The molecule has 0 bridgehead atoms. The Balaban J connectivity index is 1.53. The summed E-state index contributed by atoms with van der Waals surface area (Å²) in [5, 5.41) is 23.0. The number of nitro groups is 1. The van der Waals surface area contributed by atoms with Gasteiger partial charge in [0, 0.05) is 17.8 Å². The SMILES string of the molecule is COc1ccc(OC(C)c2nnc(SCC(=O)Nc3cc([N+](=O)[O-])ccc3OC)n2-c2ccccc2)cc1. The van der Waals surface area contributed by atoms with Crippen molar-refractivity contribution in [2.45, 2.75) is 18.2 Å². The van der Waals surface area contributed by atoms with E-state index in [0.717, 1.165) is 11.4 Å². The lowest BCUT2D eigenvalue weighted by Gasteiger charge is -2.17. The number of benzene rings is 3. The van der Waals surface area contributed by atoms with Gasteiger partial charge in [-0.2, -0.15) is 0 Å². The lowest BCUT2D eigenvalue weighted by Crippen LogP contribution is -2.16. The Hall–Kier alpha value is -4.58. The minimum Gasteiger partial charge on any atom is -0.497 e. The van der Waals surface area contributed by atoms with E-state index >= 15 is 0 Å². The molecule has 1 amide bonds. The molecule has 196 valence electrons. The number of nitro benzene ring substituents is 1. The molecule has 11 nitrogen and oxygen atoms in total. The Morgan fingerprint density at radius 3 is 2.39 bits per heavy atom. The number of non-ortho nitro benzene ring substituents is 1. The highest BCUT2D eigenvalue weighted by Crippen LogP contribution is 2.31. The van der Waals surface area contributed by atoms with Gasteiger partial charge in [0.25, 0.3) is 5.69 Å². The molecule has 1 unspecified atom stereocenters. The molecule has 1 N–H and O–H groups in total. The van der Waals surface area contributed by atoms with E-state index in [1.54, 1.807) is 31.4 Å². The van der Waals surface area contributed by atoms with E-state index in [0.29, 0.717) is 22.5 Å². The summed E-state index contributed by atoms with van der Waals surface area (Å²) < 4.78 is 18.4. The predicted molar refractivity (Wildman–Crippen MR) is 142 cm³/mol. The van der Waals surface area contributed by atoms with Gasteiger partial charge >= 0.3 is 0 Å². The number of methoxy groups -OCH3 is 2. The van der Waals surface area contributed by atoms with Gasteiger partial charge in [0.05, 0.1) is 30.6 Å². The first-order valence-corrected chi connectivity index (χ1v) is 12.4. The largest absolute Gasteiger partial charge is 0.497 e. The Morgan fingerprint density at radius 2 is 1.74 bits per heavy atom. The van der Waals surface area contributed by atoms with Crippen molar-refractivity contribution >= 4 is 29.0 Å². The van der Waals surface area contributed by atoms with E-state index in [9.17, 15) is 14.9 Å². The molecule has 0 aliphatic heterocycles. The van der Waals surface area contributed by atoms with Gasteiger partial charge in [-0.15, -0.1) is 10.2 Å². The number of para-hydroxylation sites is 1. The Bertz CT molecular complexity index is 1410. The molecule has 1 heterocycles. The minimum atomic E-state index is -0.539. The van der Waals surface area contributed by atoms with Crippen LogP contribution in [0.1, 0.15) is 18.9 Å². The average Bonchev–Trinajstić information content (AvgIpc) is 3.37. The highest BCUT2D eigenvalue weighted by molar-refractivity contribution is 7.99. The van der Waals surface area contributed by atoms with Gasteiger partial charge in [-0.05, 0) is 49.4 Å². The number of carbonyl (C=O) groups is 1. The van der Waals surface area contributed by atoms with E-state index in [4.69, 9.17) is 14.2 Å². The van der Waals surface area contributed by atoms with Crippen LogP contribution in [0.2, 0.25) is 0 Å². The van der Waals surface area contributed by atoms with Gasteiger partial charge in [0.1, 0.15) is 17.2 Å². The number of hydrogen-bond donors (Lipinski definition) is 1. The summed E-state index contributed by atoms with van der Waals surface area (Å²) in [5.74, 6) is 1.81. The smallest absolute Gasteiger partial charge is 0.271 e. The maximum Gasteiger partial charge on any atom is 0.271 e. The van der Waals surface area contributed by atoms with E-state index < -0.39 is 11.0 Å². The summed E-state index contributed by atoms with van der Waals surface area (Å²) in [4.78, 5) is 23.4. The average molecular weight is 536 g/mol. The first-order valence-electron chi connectivity index (χ1n) is 11.5. The number of thioether (sulfide) groups is 1. The summed E-state index contributed by atoms with van der Waals surface area (Å²) in [7, 11) is 3.02. The van der Waals surface area contributed by atoms with Crippen LogP contribution in [-0.2, 0) is 4.79 Å². The second-order valence-electron chi connectivity index (χ2n) is 7.93. The molecule has 38 heavy (non-hydrogen) atoms. The lowest BCUT2D eigenvalue weighted by atomic mass is 10.2. The van der Waals surface area contributed by atoms with Gasteiger partial charge in [-0.3, -0.25) is 19.5 Å². The number of ether oxygens (including phenoxy) is 3. The maximum atomic E-state index is 12.8. The second-order valence-corrected chi connectivity index (χ2v) is 8.87. The number of hydrogen-bond acceptors (Lipinski definition) is 9. The number of carbonyl (C=O) groups excluding carboxylic acids is 1. The van der Waals surface area contributed by atoms with E-state index in [-0.39, 0.29) is 23.0 Å². The molecule has 0 saturated heterocycles. The van der Waals surface area contributed by atoms with Gasteiger partial charge in [0.15, 0.2) is 17.1 Å². The van der Waals surface area contributed by atoms with E-state index in [1.165, 1.54) is 37.1 Å². The summed E-state index contributed by atoms with van der Waals surface area (Å²) in [6, 6.07) is 20.7. The summed E-state index contributed by atoms with van der Waals surface area (Å²) in [6.07, 6.45) is -0.464. The molecule has 1 aromatic heterocycles. The molecule has 0 fully saturated rings. The van der Waals surface area contributed by atoms with Crippen molar-refractivity contribution in [1.29, 1.82) is 0 Å². The quantitative estimate of drug-likeness (QED) is 0.159. The molecule has 1 atom stereocenters. The lowest BCUT2D eigenvalue weighted by molar-refractivity contribution is -0.384. The Morgan fingerprint density at radius 1 is 1.03 bits per heavy atom. The van der Waals surface area contributed by atoms with Crippen LogP contribution in [0.3, 0.4) is 0 Å². The number of amides is 1. The maximum absolute atomic E-state index is 12.8. The van der Waals surface area contributed by atoms with Crippen molar-refractivity contribution in [2.75, 3.05) is 25.3 Å². The molecule has 12 heteroatoms. The second kappa shape index (κ2) is 12.1. The zero-order valence-corrected chi connectivity index (χ0v) is 21.7. The molecule has 0 spiro atoms. The first kappa shape index (κ1) is 26.5. The number of rotatable bonds is 11. The van der Waals surface area contributed by atoms with Crippen LogP contribution in [0.5, 0.6) is 17.2 Å². The van der Waals surface area contributed by atoms with Crippen LogP contribution in [0, 0.1) is 10.1 Å². The number of aromatic nitrogens is 3. The highest BCUT2D eigenvalue weighted by Gasteiger charge is 2.22. The molecule has 0 radical (unpaired) electrons. The van der Waals surface area contributed by atoms with Crippen molar-refractivity contribution < 1.29 is 23.9 Å². The highest BCUT2D eigenvalue weighted by atomic mass is 32.2. The van der Waals surface area contributed by atoms with Gasteiger partial charge < -0.3 is 19.5 Å². The monoisotopic (exact) mass is 535 g/mol. The molecule has 0 saturated carbocycles. The van der Waals surface area contributed by atoms with Crippen molar-refractivity contribution in [3.8, 4) is 22.9 Å². The topological polar surface area (TPSA) is 131 Å². The first-order chi connectivity index (χ1) is 18.4. The normalized spacial score (nSPS) is 11.4. The standard InChI is InChI=1S/C26H25N5O6S/c1-17(37-21-12-10-20(35-2)11-13-21)25-28-29-26(30(25)18-7-5-4-6-8-18)38-16-24(32)27-22-15-19(31(33)34)9-14-23(22)36-3/h4-15,17H,16H2,1-3H3,(H,27,32). The molecular formula is C26H25N5O6S.